The average Bonchev–Trinajstić information content (AvgIpc) is 3.32. The van der Waals surface area contributed by atoms with Gasteiger partial charge in [-0.25, -0.2) is 13.4 Å². The van der Waals surface area contributed by atoms with E-state index in [0.717, 1.165) is 5.56 Å². The molecular formula is C19H20N4O4S. The van der Waals surface area contributed by atoms with Crippen LogP contribution in [0, 0.1) is 5.41 Å². The molecule has 1 unspecified atom stereocenters. The Bertz CT molecular complexity index is 1140. The van der Waals surface area contributed by atoms with Gasteiger partial charge < -0.3 is 9.84 Å². The summed E-state index contributed by atoms with van der Waals surface area (Å²) in [7, 11) is -2.24. The summed E-state index contributed by atoms with van der Waals surface area (Å²) in [5.41, 5.74) is 0.878. The normalized spacial score (nSPS) is 20.5. The molecule has 1 aliphatic heterocycles. The molecule has 1 aromatic carbocycles. The lowest BCUT2D eigenvalue weighted by molar-refractivity contribution is -0.128. The predicted octanol–water partition coefficient (Wildman–Crippen LogP) is 2.04. The van der Waals surface area contributed by atoms with E-state index in [0.29, 0.717) is 17.5 Å². The number of nitrogens with one attached hydrogen (secondary N) is 1. The molecule has 1 fully saturated rings. The molecule has 1 saturated heterocycles. The van der Waals surface area contributed by atoms with Crippen LogP contribution in [0.4, 0.5) is 0 Å². The van der Waals surface area contributed by atoms with Crippen molar-refractivity contribution in [3.63, 3.8) is 0 Å². The summed E-state index contributed by atoms with van der Waals surface area (Å²) in [6.07, 6.45) is 1.73. The third-order valence-corrected chi connectivity index (χ3v) is 7.01. The fourth-order valence-corrected chi connectivity index (χ4v) is 5.06. The molecule has 146 valence electrons. The third-order valence-electron chi connectivity index (χ3n) is 5.20. The summed E-state index contributed by atoms with van der Waals surface area (Å²) in [5, 5.41) is 7.19. The molecule has 1 N–H and O–H groups in total. The first kappa shape index (κ1) is 18.6. The van der Waals surface area contributed by atoms with Crippen LogP contribution in [-0.2, 0) is 14.8 Å². The highest BCUT2D eigenvalue weighted by molar-refractivity contribution is 7.89. The molecule has 0 aliphatic carbocycles. The van der Waals surface area contributed by atoms with Gasteiger partial charge in [0.05, 0.1) is 17.0 Å². The van der Waals surface area contributed by atoms with Gasteiger partial charge in [0.25, 0.3) is 5.71 Å². The van der Waals surface area contributed by atoms with E-state index in [1.165, 1.54) is 16.6 Å². The summed E-state index contributed by atoms with van der Waals surface area (Å²) in [6, 6.07) is 10.9. The third kappa shape index (κ3) is 2.96. The second kappa shape index (κ2) is 6.68. The Morgan fingerprint density at radius 3 is 2.75 bits per heavy atom. The minimum atomic E-state index is -3.80. The number of carbonyl (C=O) groups excluding carboxylic acids is 1. The monoisotopic (exact) mass is 400 g/mol. The van der Waals surface area contributed by atoms with Crippen LogP contribution >= 0.6 is 0 Å². The van der Waals surface area contributed by atoms with Crippen molar-refractivity contribution < 1.29 is 17.7 Å². The van der Waals surface area contributed by atoms with Gasteiger partial charge in [-0.05, 0) is 19.4 Å². The second-order valence-corrected chi connectivity index (χ2v) is 9.09. The Balaban J connectivity index is 1.72. The summed E-state index contributed by atoms with van der Waals surface area (Å²) in [5.74, 6) is -0.163. The van der Waals surface area contributed by atoms with Gasteiger partial charge in [-0.1, -0.05) is 35.5 Å². The lowest BCUT2D eigenvalue weighted by Gasteiger charge is -2.22. The number of carbonyl (C=O) groups is 1. The number of amides is 1. The maximum atomic E-state index is 13.1. The molecule has 8 nitrogen and oxygen atoms in total. The molecule has 0 saturated carbocycles. The molecular weight excluding hydrogens is 380 g/mol. The fourth-order valence-electron chi connectivity index (χ4n) is 3.52. The van der Waals surface area contributed by atoms with Crippen LogP contribution in [0.1, 0.15) is 13.3 Å². The van der Waals surface area contributed by atoms with Gasteiger partial charge in [-0.3, -0.25) is 4.79 Å². The van der Waals surface area contributed by atoms with Crippen molar-refractivity contribution in [1.82, 2.24) is 19.8 Å². The van der Waals surface area contributed by atoms with Gasteiger partial charge in [0.15, 0.2) is 0 Å². The van der Waals surface area contributed by atoms with Crippen molar-refractivity contribution in [2.45, 2.75) is 18.2 Å². The quantitative estimate of drug-likeness (QED) is 0.718. The van der Waals surface area contributed by atoms with Crippen molar-refractivity contribution >= 4 is 27.0 Å². The number of pyridine rings is 1. The highest BCUT2D eigenvalue weighted by atomic mass is 32.2. The number of aromatic nitrogens is 2. The Hall–Kier alpha value is -2.78. The van der Waals surface area contributed by atoms with Gasteiger partial charge in [0.1, 0.15) is 10.6 Å². The summed E-state index contributed by atoms with van der Waals surface area (Å²) < 4.78 is 32.9. The number of fused-ring (bicyclic) bond motifs is 1. The zero-order valence-corrected chi connectivity index (χ0v) is 16.4. The molecule has 4 rings (SSSR count). The molecule has 1 aliphatic rings. The molecule has 2 aromatic heterocycles. The Morgan fingerprint density at radius 1 is 1.29 bits per heavy atom. The molecule has 3 aromatic rings. The predicted molar refractivity (Wildman–Crippen MR) is 103 cm³/mol. The highest BCUT2D eigenvalue weighted by Crippen LogP contribution is 2.35. The van der Waals surface area contributed by atoms with Crippen molar-refractivity contribution in [1.29, 1.82) is 0 Å². The van der Waals surface area contributed by atoms with Crippen LogP contribution in [0.25, 0.3) is 22.4 Å². The summed E-state index contributed by atoms with van der Waals surface area (Å²) in [4.78, 5) is 16.3. The molecule has 28 heavy (non-hydrogen) atoms. The van der Waals surface area contributed by atoms with E-state index >= 15 is 0 Å². The van der Waals surface area contributed by atoms with Crippen molar-refractivity contribution in [3.8, 4) is 11.3 Å². The average molecular weight is 400 g/mol. The van der Waals surface area contributed by atoms with E-state index in [2.05, 4.69) is 15.5 Å². The van der Waals surface area contributed by atoms with E-state index in [1.54, 1.807) is 14.0 Å². The van der Waals surface area contributed by atoms with E-state index < -0.39 is 15.4 Å². The summed E-state index contributed by atoms with van der Waals surface area (Å²) in [6.45, 7) is 2.18. The lowest BCUT2D eigenvalue weighted by atomic mass is 9.89. The van der Waals surface area contributed by atoms with E-state index in [1.807, 2.05) is 30.3 Å². The lowest BCUT2D eigenvalue weighted by Crippen LogP contribution is -2.40. The standard InChI is InChI=1S/C19H20N4O4S/c1-19(18(24)20-2)8-9-23(12-19)28(25,26)14-10-15-16(13-6-4-3-5-7-13)22-27-17(15)21-11-14/h3-7,10-11H,8-9,12H2,1-2H3,(H,20,24). The Morgan fingerprint density at radius 2 is 2.04 bits per heavy atom. The van der Waals surface area contributed by atoms with Crippen LogP contribution in [0.15, 0.2) is 52.0 Å². The SMILES string of the molecule is CNC(=O)C1(C)CCN(S(=O)(=O)c2cnc3onc(-c4ccccc4)c3c2)C1. The van der Waals surface area contributed by atoms with Gasteiger partial charge >= 0.3 is 0 Å². The van der Waals surface area contributed by atoms with Crippen LogP contribution < -0.4 is 5.32 Å². The molecule has 3 heterocycles. The van der Waals surface area contributed by atoms with Crippen molar-refractivity contribution in [3.05, 3.63) is 42.6 Å². The first-order chi connectivity index (χ1) is 13.3. The smallest absolute Gasteiger partial charge is 0.258 e. The number of nitrogens with zero attached hydrogens (tertiary/aromatic N) is 3. The topological polar surface area (TPSA) is 105 Å². The minimum absolute atomic E-state index is 0.0570. The fraction of sp³-hybridized carbons (Fsp3) is 0.316. The highest BCUT2D eigenvalue weighted by Gasteiger charge is 2.44. The van der Waals surface area contributed by atoms with E-state index in [-0.39, 0.29) is 29.6 Å². The van der Waals surface area contributed by atoms with Crippen LogP contribution in [-0.4, -0.2) is 48.9 Å². The number of benzene rings is 1. The van der Waals surface area contributed by atoms with Crippen LogP contribution in [0.5, 0.6) is 0 Å². The van der Waals surface area contributed by atoms with Crippen molar-refractivity contribution in [2.75, 3.05) is 20.1 Å². The van der Waals surface area contributed by atoms with Gasteiger partial charge in [0.2, 0.25) is 15.9 Å². The second-order valence-electron chi connectivity index (χ2n) is 7.15. The first-order valence-corrected chi connectivity index (χ1v) is 10.3. The maximum Gasteiger partial charge on any atom is 0.258 e. The first-order valence-electron chi connectivity index (χ1n) is 8.88. The number of hydrogen-bond donors (Lipinski definition) is 1. The number of rotatable bonds is 4. The van der Waals surface area contributed by atoms with Gasteiger partial charge in [-0.2, -0.15) is 4.31 Å². The van der Waals surface area contributed by atoms with Crippen LogP contribution in [0.2, 0.25) is 0 Å². The largest absolute Gasteiger partial charge is 0.359 e. The number of sulfonamides is 1. The minimum Gasteiger partial charge on any atom is -0.359 e. The molecule has 9 heteroatoms. The molecule has 1 amide bonds. The summed E-state index contributed by atoms with van der Waals surface area (Å²) >= 11 is 0. The zero-order valence-electron chi connectivity index (χ0n) is 15.5. The molecule has 0 radical (unpaired) electrons. The van der Waals surface area contributed by atoms with Gasteiger partial charge in [-0.15, -0.1) is 0 Å². The zero-order chi connectivity index (χ0) is 19.9. The molecule has 1 atom stereocenters. The Kier molecular flexibility index (Phi) is 4.43. The molecule has 0 bridgehead atoms. The van der Waals surface area contributed by atoms with Crippen molar-refractivity contribution in [2.24, 2.45) is 5.41 Å². The van der Waals surface area contributed by atoms with Crippen LogP contribution in [0.3, 0.4) is 0 Å². The molecule has 0 spiro atoms. The van der Waals surface area contributed by atoms with E-state index in [4.69, 9.17) is 4.52 Å². The van der Waals surface area contributed by atoms with Gasteiger partial charge in [0, 0.05) is 25.7 Å². The maximum absolute atomic E-state index is 13.1. The Labute approximate surface area is 162 Å². The number of hydrogen-bond acceptors (Lipinski definition) is 6. The van der Waals surface area contributed by atoms with E-state index in [9.17, 15) is 13.2 Å².